The summed E-state index contributed by atoms with van der Waals surface area (Å²) < 4.78 is 5.80. The number of nitrogens with two attached hydrogens (primary N) is 1. The van der Waals surface area contributed by atoms with Crippen molar-refractivity contribution < 1.29 is 9.53 Å². The fourth-order valence-corrected chi connectivity index (χ4v) is 3.07. The smallest absolute Gasteiger partial charge is 0.321 e. The van der Waals surface area contributed by atoms with E-state index in [1.807, 2.05) is 0 Å². The summed E-state index contributed by atoms with van der Waals surface area (Å²) in [6.45, 7) is 4.27. The molecular formula is C16H23Cl2N3O2. The summed E-state index contributed by atoms with van der Waals surface area (Å²) in [6, 6.07) is 3.05. The number of nitrogens with one attached hydrogen (secondary N) is 1. The number of hydrogen-bond donors (Lipinski definition) is 2. The number of nitrogens with zero attached hydrogens (tertiary/aromatic N) is 1. The quantitative estimate of drug-likeness (QED) is 0.783. The van der Waals surface area contributed by atoms with E-state index in [-0.39, 0.29) is 12.1 Å². The number of benzene rings is 1. The van der Waals surface area contributed by atoms with Gasteiger partial charge in [-0.3, -0.25) is 0 Å². The lowest BCUT2D eigenvalue weighted by Gasteiger charge is -2.21. The van der Waals surface area contributed by atoms with Crippen LogP contribution >= 0.6 is 23.2 Å². The summed E-state index contributed by atoms with van der Waals surface area (Å²) in [7, 11) is 0. The van der Waals surface area contributed by atoms with E-state index < -0.39 is 0 Å². The molecule has 23 heavy (non-hydrogen) atoms. The largest absolute Gasteiger partial charge is 0.396 e. The second-order valence-corrected chi connectivity index (χ2v) is 6.51. The van der Waals surface area contributed by atoms with Crippen LogP contribution in [0, 0.1) is 0 Å². The number of ether oxygens (including phenoxy) is 1. The molecule has 3 N–H and O–H groups in total. The molecule has 0 aliphatic carbocycles. The highest BCUT2D eigenvalue weighted by Gasteiger charge is 2.21. The molecule has 1 saturated heterocycles. The standard InChI is InChI=1S/C16H23Cl2N3O2/c1-2-8-23-12-4-3-6-21(7-5-12)16(22)20-11-9-13(17)15(19)14(18)10-11/h9-10,12H,2-8,19H2,1H3,(H,20,22)/t12-/m1/s1. The predicted molar refractivity (Wildman–Crippen MR) is 95.3 cm³/mol. The van der Waals surface area contributed by atoms with E-state index in [1.165, 1.54) is 0 Å². The van der Waals surface area contributed by atoms with E-state index in [2.05, 4.69) is 12.2 Å². The molecule has 1 aromatic rings. The number of carbonyl (C=O) groups excluding carboxylic acids is 1. The van der Waals surface area contributed by atoms with E-state index >= 15 is 0 Å². The van der Waals surface area contributed by atoms with Crippen LogP contribution in [-0.4, -0.2) is 36.7 Å². The van der Waals surface area contributed by atoms with Gasteiger partial charge in [0.1, 0.15) is 0 Å². The Hall–Kier alpha value is -1.17. The first-order valence-electron chi connectivity index (χ1n) is 7.93. The first kappa shape index (κ1) is 18.2. The van der Waals surface area contributed by atoms with Gasteiger partial charge in [-0.05, 0) is 37.8 Å². The van der Waals surface area contributed by atoms with Gasteiger partial charge in [-0.2, -0.15) is 0 Å². The minimum absolute atomic E-state index is 0.155. The van der Waals surface area contributed by atoms with Crippen molar-refractivity contribution in [3.63, 3.8) is 0 Å². The van der Waals surface area contributed by atoms with Gasteiger partial charge in [0.25, 0.3) is 0 Å². The van der Waals surface area contributed by atoms with Crippen LogP contribution in [0.4, 0.5) is 16.2 Å². The summed E-state index contributed by atoms with van der Waals surface area (Å²) in [6.07, 6.45) is 4.04. The van der Waals surface area contributed by atoms with E-state index in [0.717, 1.165) is 32.3 Å². The number of nitrogen functional groups attached to an aromatic ring is 1. The Bertz CT molecular complexity index is 531. The minimum atomic E-state index is -0.155. The average molecular weight is 360 g/mol. The zero-order chi connectivity index (χ0) is 16.8. The Morgan fingerprint density at radius 1 is 1.35 bits per heavy atom. The second kappa shape index (κ2) is 8.62. The summed E-state index contributed by atoms with van der Waals surface area (Å²) >= 11 is 12.0. The van der Waals surface area contributed by atoms with Crippen molar-refractivity contribution in [1.82, 2.24) is 4.90 Å². The Labute approximate surface area is 147 Å². The number of urea groups is 1. The SMILES string of the molecule is CCCO[C@@H]1CCCN(C(=O)Nc2cc(Cl)c(N)c(Cl)c2)CC1. The van der Waals surface area contributed by atoms with Gasteiger partial charge in [-0.1, -0.05) is 30.1 Å². The second-order valence-electron chi connectivity index (χ2n) is 5.69. The number of carbonyl (C=O) groups is 1. The van der Waals surface area contributed by atoms with Crippen LogP contribution in [0.1, 0.15) is 32.6 Å². The van der Waals surface area contributed by atoms with Gasteiger partial charge in [0.15, 0.2) is 0 Å². The molecule has 128 valence electrons. The topological polar surface area (TPSA) is 67.6 Å². The minimum Gasteiger partial charge on any atom is -0.396 e. The van der Waals surface area contributed by atoms with Gasteiger partial charge in [0, 0.05) is 25.4 Å². The third-order valence-corrected chi connectivity index (χ3v) is 4.48. The van der Waals surface area contributed by atoms with Crippen LogP contribution in [0.25, 0.3) is 0 Å². The lowest BCUT2D eigenvalue weighted by atomic mass is 10.2. The monoisotopic (exact) mass is 359 g/mol. The molecular weight excluding hydrogens is 337 g/mol. The van der Waals surface area contributed by atoms with E-state index in [0.29, 0.717) is 34.5 Å². The lowest BCUT2D eigenvalue weighted by molar-refractivity contribution is 0.0446. The van der Waals surface area contributed by atoms with Crippen molar-refractivity contribution in [3.8, 4) is 0 Å². The van der Waals surface area contributed by atoms with Crippen LogP contribution in [0.5, 0.6) is 0 Å². The van der Waals surface area contributed by atoms with Crippen LogP contribution in [0.2, 0.25) is 10.0 Å². The Morgan fingerprint density at radius 2 is 2.04 bits per heavy atom. The number of anilines is 2. The van der Waals surface area contributed by atoms with Crippen molar-refractivity contribution in [1.29, 1.82) is 0 Å². The number of likely N-dealkylation sites (tertiary alicyclic amines) is 1. The van der Waals surface area contributed by atoms with Crippen LogP contribution in [0.3, 0.4) is 0 Å². The number of hydrogen-bond acceptors (Lipinski definition) is 3. The molecule has 7 heteroatoms. The Morgan fingerprint density at radius 3 is 2.70 bits per heavy atom. The lowest BCUT2D eigenvalue weighted by Crippen LogP contribution is -2.36. The van der Waals surface area contributed by atoms with Gasteiger partial charge in [-0.25, -0.2) is 4.79 Å². The molecule has 1 aromatic carbocycles. The van der Waals surface area contributed by atoms with Crippen molar-refractivity contribution in [3.05, 3.63) is 22.2 Å². The fourth-order valence-electron chi connectivity index (χ4n) is 2.58. The molecule has 1 fully saturated rings. The third-order valence-electron chi connectivity index (χ3n) is 3.85. The molecule has 1 aliphatic heterocycles. The highest BCUT2D eigenvalue weighted by molar-refractivity contribution is 6.39. The van der Waals surface area contributed by atoms with E-state index in [9.17, 15) is 4.79 Å². The summed E-state index contributed by atoms with van der Waals surface area (Å²) in [4.78, 5) is 14.2. The highest BCUT2D eigenvalue weighted by Crippen LogP contribution is 2.31. The summed E-state index contributed by atoms with van der Waals surface area (Å²) in [5.41, 5.74) is 6.56. The zero-order valence-corrected chi connectivity index (χ0v) is 14.8. The first-order valence-corrected chi connectivity index (χ1v) is 8.69. The summed E-state index contributed by atoms with van der Waals surface area (Å²) in [5.74, 6) is 0. The molecule has 0 radical (unpaired) electrons. The van der Waals surface area contributed by atoms with Gasteiger partial charge in [0.05, 0.1) is 21.8 Å². The molecule has 2 rings (SSSR count). The molecule has 0 spiro atoms. The molecule has 5 nitrogen and oxygen atoms in total. The van der Waals surface area contributed by atoms with Gasteiger partial charge in [-0.15, -0.1) is 0 Å². The Balaban J connectivity index is 1.93. The molecule has 1 aliphatic rings. The maximum Gasteiger partial charge on any atom is 0.321 e. The fraction of sp³-hybridized carbons (Fsp3) is 0.562. The molecule has 0 aromatic heterocycles. The normalized spacial score (nSPS) is 18.6. The maximum atomic E-state index is 12.4. The van der Waals surface area contributed by atoms with E-state index in [1.54, 1.807) is 17.0 Å². The molecule has 1 heterocycles. The third kappa shape index (κ3) is 5.16. The van der Waals surface area contributed by atoms with Crippen LogP contribution in [0.15, 0.2) is 12.1 Å². The molecule has 0 saturated carbocycles. The predicted octanol–water partition coefficient (Wildman–Crippen LogP) is 4.39. The molecule has 2 amide bonds. The number of halogens is 2. The maximum absolute atomic E-state index is 12.4. The zero-order valence-electron chi connectivity index (χ0n) is 13.3. The van der Waals surface area contributed by atoms with Crippen LogP contribution in [-0.2, 0) is 4.74 Å². The first-order chi connectivity index (χ1) is 11.0. The van der Waals surface area contributed by atoms with Crippen molar-refractivity contribution in [2.24, 2.45) is 0 Å². The molecule has 0 bridgehead atoms. The van der Waals surface area contributed by atoms with Crippen LogP contribution < -0.4 is 11.1 Å². The number of rotatable bonds is 4. The Kier molecular flexibility index (Phi) is 6.81. The average Bonchev–Trinajstić information content (AvgIpc) is 2.76. The number of amides is 2. The van der Waals surface area contributed by atoms with Gasteiger partial charge < -0.3 is 20.7 Å². The summed E-state index contributed by atoms with van der Waals surface area (Å²) in [5, 5.41) is 3.49. The highest BCUT2D eigenvalue weighted by atomic mass is 35.5. The van der Waals surface area contributed by atoms with E-state index in [4.69, 9.17) is 33.7 Å². The molecule has 1 atom stereocenters. The van der Waals surface area contributed by atoms with Gasteiger partial charge in [0.2, 0.25) is 0 Å². The van der Waals surface area contributed by atoms with Crippen molar-refractivity contribution in [2.45, 2.75) is 38.7 Å². The van der Waals surface area contributed by atoms with Crippen molar-refractivity contribution in [2.75, 3.05) is 30.7 Å². The van der Waals surface area contributed by atoms with Crippen molar-refractivity contribution >= 4 is 40.6 Å². The van der Waals surface area contributed by atoms with Gasteiger partial charge >= 0.3 is 6.03 Å². The molecule has 0 unspecified atom stereocenters.